The number of anilines is 1. The van der Waals surface area contributed by atoms with Gasteiger partial charge in [-0.3, -0.25) is 4.98 Å². The molecule has 0 amide bonds. The summed E-state index contributed by atoms with van der Waals surface area (Å²) in [5.74, 6) is 1.53. The summed E-state index contributed by atoms with van der Waals surface area (Å²) in [5.41, 5.74) is 1.86. The molecular formula is C13H14BrIN4. The van der Waals surface area contributed by atoms with Crippen LogP contribution in [0.15, 0.2) is 22.8 Å². The van der Waals surface area contributed by atoms with E-state index in [0.29, 0.717) is 5.82 Å². The van der Waals surface area contributed by atoms with Crippen molar-refractivity contribution >= 4 is 44.3 Å². The lowest BCUT2D eigenvalue weighted by molar-refractivity contribution is 0.866. The highest BCUT2D eigenvalue weighted by Crippen LogP contribution is 2.24. The Morgan fingerprint density at radius 2 is 2.11 bits per heavy atom. The molecule has 0 spiro atoms. The molecule has 0 aliphatic heterocycles. The number of hydrogen-bond donors (Lipinski definition) is 1. The van der Waals surface area contributed by atoms with Crippen LogP contribution in [0.4, 0.5) is 5.82 Å². The third-order valence-corrected chi connectivity index (χ3v) is 4.20. The molecule has 4 nitrogen and oxygen atoms in total. The van der Waals surface area contributed by atoms with Gasteiger partial charge < -0.3 is 5.32 Å². The van der Waals surface area contributed by atoms with E-state index in [1.165, 1.54) is 0 Å². The van der Waals surface area contributed by atoms with Crippen LogP contribution in [0.3, 0.4) is 0 Å². The summed E-state index contributed by atoms with van der Waals surface area (Å²) in [7, 11) is 1.87. The van der Waals surface area contributed by atoms with Crippen LogP contribution < -0.4 is 5.32 Å². The highest BCUT2D eigenvalue weighted by Gasteiger charge is 2.12. The van der Waals surface area contributed by atoms with Crippen molar-refractivity contribution in [2.24, 2.45) is 0 Å². The normalized spacial score (nSPS) is 10.5. The Hall–Kier alpha value is -0.760. The third kappa shape index (κ3) is 3.42. The number of halogens is 2. The largest absolute Gasteiger partial charge is 0.372 e. The van der Waals surface area contributed by atoms with Crippen molar-refractivity contribution in [2.45, 2.75) is 19.8 Å². The van der Waals surface area contributed by atoms with Gasteiger partial charge in [-0.15, -0.1) is 0 Å². The van der Waals surface area contributed by atoms with E-state index in [1.54, 1.807) is 6.20 Å². The quantitative estimate of drug-likeness (QED) is 0.744. The minimum atomic E-state index is 0.667. The van der Waals surface area contributed by atoms with Crippen molar-refractivity contribution in [2.75, 3.05) is 12.4 Å². The van der Waals surface area contributed by atoms with E-state index in [4.69, 9.17) is 0 Å². The maximum absolute atomic E-state index is 4.63. The molecule has 0 aliphatic rings. The Kier molecular flexibility index (Phi) is 5.09. The van der Waals surface area contributed by atoms with Crippen LogP contribution in [-0.4, -0.2) is 22.0 Å². The monoisotopic (exact) mass is 432 g/mol. The van der Waals surface area contributed by atoms with Crippen LogP contribution in [0.2, 0.25) is 0 Å². The van der Waals surface area contributed by atoms with Gasteiger partial charge in [-0.1, -0.05) is 13.3 Å². The maximum atomic E-state index is 4.63. The Bertz CT molecular complexity index is 572. The van der Waals surface area contributed by atoms with Crippen molar-refractivity contribution in [3.8, 4) is 11.5 Å². The van der Waals surface area contributed by atoms with E-state index >= 15 is 0 Å². The van der Waals surface area contributed by atoms with Gasteiger partial charge in [-0.25, -0.2) is 9.97 Å². The van der Waals surface area contributed by atoms with Crippen molar-refractivity contribution in [3.63, 3.8) is 0 Å². The van der Waals surface area contributed by atoms with Gasteiger partial charge in [0.15, 0.2) is 5.82 Å². The first-order valence-electron chi connectivity index (χ1n) is 6.01. The van der Waals surface area contributed by atoms with Crippen LogP contribution in [-0.2, 0) is 6.42 Å². The van der Waals surface area contributed by atoms with Crippen molar-refractivity contribution in [1.82, 2.24) is 15.0 Å². The number of rotatable bonds is 4. The molecule has 2 aromatic rings. The van der Waals surface area contributed by atoms with Gasteiger partial charge in [-0.2, -0.15) is 0 Å². The lowest BCUT2D eigenvalue weighted by Crippen LogP contribution is -2.05. The number of aryl methyl sites for hydroxylation is 1. The highest BCUT2D eigenvalue weighted by atomic mass is 127. The summed E-state index contributed by atoms with van der Waals surface area (Å²) in [4.78, 5) is 13.5. The number of aromatic nitrogens is 3. The molecule has 0 saturated carbocycles. The molecule has 19 heavy (non-hydrogen) atoms. The van der Waals surface area contributed by atoms with Crippen LogP contribution in [0.25, 0.3) is 11.5 Å². The predicted molar refractivity (Wildman–Crippen MR) is 89.2 cm³/mol. The molecule has 6 heteroatoms. The van der Waals surface area contributed by atoms with E-state index in [0.717, 1.165) is 38.1 Å². The van der Waals surface area contributed by atoms with E-state index in [9.17, 15) is 0 Å². The second kappa shape index (κ2) is 6.60. The molecule has 0 radical (unpaired) electrons. The van der Waals surface area contributed by atoms with Gasteiger partial charge in [-0.05, 0) is 57.1 Å². The van der Waals surface area contributed by atoms with Gasteiger partial charge in [0, 0.05) is 17.7 Å². The molecule has 1 N–H and O–H groups in total. The average Bonchev–Trinajstić information content (AvgIpc) is 2.42. The Labute approximate surface area is 134 Å². The fourth-order valence-corrected chi connectivity index (χ4v) is 2.70. The Morgan fingerprint density at radius 3 is 2.68 bits per heavy atom. The van der Waals surface area contributed by atoms with E-state index < -0.39 is 0 Å². The maximum Gasteiger partial charge on any atom is 0.180 e. The lowest BCUT2D eigenvalue weighted by atomic mass is 10.2. The first-order chi connectivity index (χ1) is 9.15. The predicted octanol–water partition coefficient (Wildman–Crippen LogP) is 3.90. The number of nitrogens with zero attached hydrogens (tertiary/aromatic N) is 3. The molecule has 2 rings (SSSR count). The molecule has 0 saturated heterocycles. The van der Waals surface area contributed by atoms with Gasteiger partial charge >= 0.3 is 0 Å². The zero-order valence-electron chi connectivity index (χ0n) is 10.7. The summed E-state index contributed by atoms with van der Waals surface area (Å²) >= 11 is 5.67. The summed E-state index contributed by atoms with van der Waals surface area (Å²) in [6, 6.07) is 3.86. The van der Waals surface area contributed by atoms with Crippen molar-refractivity contribution < 1.29 is 0 Å². The number of nitrogens with one attached hydrogen (secondary N) is 1. The smallest absolute Gasteiger partial charge is 0.180 e. The lowest BCUT2D eigenvalue weighted by Gasteiger charge is -2.10. The molecule has 0 atom stereocenters. The van der Waals surface area contributed by atoms with Gasteiger partial charge in [0.2, 0.25) is 0 Å². The molecule has 0 fully saturated rings. The molecule has 100 valence electrons. The van der Waals surface area contributed by atoms with E-state index in [1.807, 2.05) is 19.2 Å². The first-order valence-corrected chi connectivity index (χ1v) is 7.89. The number of pyridine rings is 1. The van der Waals surface area contributed by atoms with E-state index in [-0.39, 0.29) is 0 Å². The van der Waals surface area contributed by atoms with E-state index in [2.05, 4.69) is 65.7 Å². The summed E-state index contributed by atoms with van der Waals surface area (Å²) in [5, 5.41) is 3.12. The van der Waals surface area contributed by atoms with Crippen LogP contribution >= 0.6 is 38.5 Å². The van der Waals surface area contributed by atoms with Crippen LogP contribution in [0.5, 0.6) is 0 Å². The third-order valence-electron chi connectivity index (χ3n) is 2.60. The second-order valence-corrected chi connectivity index (χ2v) is 6.01. The summed E-state index contributed by atoms with van der Waals surface area (Å²) in [6.45, 7) is 2.15. The Balaban J connectivity index is 2.51. The van der Waals surface area contributed by atoms with Gasteiger partial charge in [0.05, 0.1) is 9.26 Å². The minimum Gasteiger partial charge on any atom is -0.372 e. The topological polar surface area (TPSA) is 50.7 Å². The zero-order valence-corrected chi connectivity index (χ0v) is 14.5. The zero-order chi connectivity index (χ0) is 13.8. The summed E-state index contributed by atoms with van der Waals surface area (Å²) in [6.07, 6.45) is 3.76. The molecule has 0 aromatic carbocycles. The fraction of sp³-hybridized carbons (Fsp3) is 0.308. The molecule has 2 aromatic heterocycles. The SMILES string of the molecule is CCCc1nc(-c2ccc(Br)cn2)nc(NC)c1I. The molecule has 0 bridgehead atoms. The molecule has 0 aliphatic carbocycles. The highest BCUT2D eigenvalue weighted by molar-refractivity contribution is 14.1. The van der Waals surface area contributed by atoms with Crippen molar-refractivity contribution in [3.05, 3.63) is 32.1 Å². The number of hydrogen-bond acceptors (Lipinski definition) is 4. The molecule has 0 unspecified atom stereocenters. The van der Waals surface area contributed by atoms with Gasteiger partial charge in [0.25, 0.3) is 0 Å². The average molecular weight is 433 g/mol. The second-order valence-electron chi connectivity index (χ2n) is 4.02. The van der Waals surface area contributed by atoms with Gasteiger partial charge in [0.1, 0.15) is 11.5 Å². The Morgan fingerprint density at radius 1 is 1.32 bits per heavy atom. The van der Waals surface area contributed by atoms with Crippen molar-refractivity contribution in [1.29, 1.82) is 0 Å². The molecular weight excluding hydrogens is 419 g/mol. The fourth-order valence-electron chi connectivity index (χ4n) is 1.68. The molecule has 2 heterocycles. The summed E-state index contributed by atoms with van der Waals surface area (Å²) < 4.78 is 2.03. The van der Waals surface area contributed by atoms with Crippen LogP contribution in [0.1, 0.15) is 19.0 Å². The minimum absolute atomic E-state index is 0.667. The first kappa shape index (κ1) is 14.6. The van der Waals surface area contributed by atoms with Crippen LogP contribution in [0, 0.1) is 3.57 Å². The standard InChI is InChI=1S/C13H14BrIN4/c1-3-4-9-11(15)13(16-2)19-12(18-9)10-6-5-8(14)7-17-10/h5-7H,3-4H2,1-2H3,(H,16,18,19).